The molecule has 122 valence electrons. The summed E-state index contributed by atoms with van der Waals surface area (Å²) in [5, 5.41) is 2.21. The maximum absolute atomic E-state index is 11.8. The SMILES string of the molecule is CC(C)(C)[Si](OCC(=O)CCl)(c1ccccc1)c1ccccc1. The average Bonchev–Trinajstić information content (AvgIpc) is 2.56. The lowest BCUT2D eigenvalue weighted by atomic mass is 10.2. The molecule has 0 N–H and O–H groups in total. The van der Waals surface area contributed by atoms with E-state index in [1.54, 1.807) is 0 Å². The van der Waals surface area contributed by atoms with Crippen LogP contribution in [-0.4, -0.2) is 26.6 Å². The van der Waals surface area contributed by atoms with E-state index in [1.165, 1.54) is 10.4 Å². The maximum atomic E-state index is 11.8. The zero-order valence-electron chi connectivity index (χ0n) is 13.9. The lowest BCUT2D eigenvalue weighted by Crippen LogP contribution is -2.67. The number of ketones is 1. The van der Waals surface area contributed by atoms with Crippen molar-refractivity contribution in [2.24, 2.45) is 0 Å². The van der Waals surface area contributed by atoms with Gasteiger partial charge >= 0.3 is 0 Å². The minimum atomic E-state index is -2.61. The molecule has 23 heavy (non-hydrogen) atoms. The molecule has 4 heteroatoms. The Bertz CT molecular complexity index is 596. The van der Waals surface area contributed by atoms with Gasteiger partial charge in [0.15, 0.2) is 5.78 Å². The number of halogens is 1. The van der Waals surface area contributed by atoms with Crippen LogP contribution in [0.2, 0.25) is 5.04 Å². The smallest absolute Gasteiger partial charge is 0.261 e. The van der Waals surface area contributed by atoms with Crippen molar-refractivity contribution in [1.82, 2.24) is 0 Å². The number of benzene rings is 2. The van der Waals surface area contributed by atoms with Crippen molar-refractivity contribution in [2.75, 3.05) is 12.5 Å². The number of alkyl halides is 1. The number of rotatable bonds is 6. The summed E-state index contributed by atoms with van der Waals surface area (Å²) in [7, 11) is -2.61. The first kappa shape index (κ1) is 17.9. The Labute approximate surface area is 144 Å². The summed E-state index contributed by atoms with van der Waals surface area (Å²) in [6.45, 7) is 6.61. The summed E-state index contributed by atoms with van der Waals surface area (Å²) in [6, 6.07) is 20.5. The second-order valence-electron chi connectivity index (χ2n) is 6.62. The molecule has 2 nitrogen and oxygen atoms in total. The van der Waals surface area contributed by atoms with E-state index in [9.17, 15) is 4.79 Å². The molecule has 0 aliphatic carbocycles. The van der Waals surface area contributed by atoms with Crippen LogP contribution in [0.15, 0.2) is 60.7 Å². The minimum absolute atomic E-state index is 0.0157. The first-order chi connectivity index (χ1) is 10.9. The molecule has 0 atom stereocenters. The van der Waals surface area contributed by atoms with Crippen LogP contribution in [0.4, 0.5) is 0 Å². The number of carbonyl (C=O) groups excluding carboxylic acids is 1. The van der Waals surface area contributed by atoms with Gasteiger partial charge in [0, 0.05) is 0 Å². The summed E-state index contributed by atoms with van der Waals surface area (Å²) in [5.74, 6) is -0.0993. The molecule has 2 rings (SSSR count). The normalized spacial score (nSPS) is 12.2. The van der Waals surface area contributed by atoms with E-state index in [-0.39, 0.29) is 23.3 Å². The average molecular weight is 347 g/mol. The van der Waals surface area contributed by atoms with Gasteiger partial charge in [-0.25, -0.2) is 0 Å². The lowest BCUT2D eigenvalue weighted by molar-refractivity contribution is -0.118. The Hall–Kier alpha value is -1.42. The van der Waals surface area contributed by atoms with Crippen molar-refractivity contribution in [3.05, 3.63) is 60.7 Å². The van der Waals surface area contributed by atoms with Crippen molar-refractivity contribution in [3.63, 3.8) is 0 Å². The van der Waals surface area contributed by atoms with E-state index in [0.717, 1.165) is 0 Å². The van der Waals surface area contributed by atoms with E-state index in [0.29, 0.717) is 0 Å². The van der Waals surface area contributed by atoms with E-state index >= 15 is 0 Å². The number of carbonyl (C=O) groups is 1. The fourth-order valence-corrected chi connectivity index (χ4v) is 7.60. The van der Waals surface area contributed by atoms with Gasteiger partial charge in [0.25, 0.3) is 8.32 Å². The van der Waals surface area contributed by atoms with E-state index in [2.05, 4.69) is 45.0 Å². The molecular formula is C19H23ClO2Si. The summed E-state index contributed by atoms with van der Waals surface area (Å²) < 4.78 is 6.42. The number of Topliss-reactive ketones (excluding diaryl/α,β-unsaturated/α-hetero) is 1. The minimum Gasteiger partial charge on any atom is -0.400 e. The first-order valence-electron chi connectivity index (χ1n) is 7.74. The molecule has 2 aromatic carbocycles. The monoisotopic (exact) mass is 346 g/mol. The summed E-state index contributed by atoms with van der Waals surface area (Å²) in [5.41, 5.74) is 0. The predicted molar refractivity (Wildman–Crippen MR) is 99.3 cm³/mol. The quantitative estimate of drug-likeness (QED) is 0.592. The zero-order valence-corrected chi connectivity index (χ0v) is 15.6. The Morgan fingerprint density at radius 2 is 1.39 bits per heavy atom. The van der Waals surface area contributed by atoms with Gasteiger partial charge in [0.05, 0.1) is 12.5 Å². The Morgan fingerprint density at radius 1 is 0.957 bits per heavy atom. The Balaban J connectivity index is 2.62. The second kappa shape index (κ2) is 7.43. The van der Waals surface area contributed by atoms with Crippen molar-refractivity contribution >= 4 is 36.1 Å². The van der Waals surface area contributed by atoms with Crippen LogP contribution in [0.1, 0.15) is 20.8 Å². The third-order valence-electron chi connectivity index (χ3n) is 4.02. The molecule has 0 fully saturated rings. The highest BCUT2D eigenvalue weighted by molar-refractivity contribution is 6.99. The van der Waals surface area contributed by atoms with Crippen molar-refractivity contribution < 1.29 is 9.22 Å². The van der Waals surface area contributed by atoms with Gasteiger partial charge in [-0.2, -0.15) is 0 Å². The topological polar surface area (TPSA) is 26.3 Å². The molecule has 0 aliphatic rings. The van der Waals surface area contributed by atoms with Crippen molar-refractivity contribution in [2.45, 2.75) is 25.8 Å². The predicted octanol–water partition coefficient (Wildman–Crippen LogP) is 3.37. The van der Waals surface area contributed by atoms with Crippen LogP contribution >= 0.6 is 11.6 Å². The third kappa shape index (κ3) is 3.74. The highest BCUT2D eigenvalue weighted by Crippen LogP contribution is 2.36. The molecule has 0 saturated carbocycles. The zero-order chi connectivity index (χ0) is 16.9. The summed E-state index contributed by atoms with van der Waals surface area (Å²) >= 11 is 5.67. The first-order valence-corrected chi connectivity index (χ1v) is 10.2. The largest absolute Gasteiger partial charge is 0.400 e. The molecule has 0 amide bonds. The van der Waals surface area contributed by atoms with Crippen LogP contribution < -0.4 is 10.4 Å². The Morgan fingerprint density at radius 3 is 1.74 bits per heavy atom. The fourth-order valence-electron chi connectivity index (χ4n) is 2.99. The van der Waals surface area contributed by atoms with E-state index in [4.69, 9.17) is 16.0 Å². The van der Waals surface area contributed by atoms with Crippen LogP contribution in [0.25, 0.3) is 0 Å². The fraction of sp³-hybridized carbons (Fsp3) is 0.316. The van der Waals surface area contributed by atoms with Crippen LogP contribution in [0.5, 0.6) is 0 Å². The maximum Gasteiger partial charge on any atom is 0.261 e. The van der Waals surface area contributed by atoms with Crippen LogP contribution in [0, 0.1) is 0 Å². The summed E-state index contributed by atoms with van der Waals surface area (Å²) in [6.07, 6.45) is 0. The standard InChI is InChI=1S/C19H23ClO2Si/c1-19(2,3)23(22-15-16(21)14-20,17-10-6-4-7-11-17)18-12-8-5-9-13-18/h4-13H,14-15H2,1-3H3. The summed E-state index contributed by atoms with van der Waals surface area (Å²) in [4.78, 5) is 11.8. The molecule has 0 spiro atoms. The molecule has 0 aliphatic heterocycles. The highest BCUT2D eigenvalue weighted by atomic mass is 35.5. The van der Waals surface area contributed by atoms with Gasteiger partial charge in [-0.1, -0.05) is 81.4 Å². The van der Waals surface area contributed by atoms with E-state index < -0.39 is 8.32 Å². The van der Waals surface area contributed by atoms with Gasteiger partial charge in [0.2, 0.25) is 0 Å². The number of hydrogen-bond acceptors (Lipinski definition) is 2. The molecular weight excluding hydrogens is 324 g/mol. The van der Waals surface area contributed by atoms with Crippen LogP contribution in [-0.2, 0) is 9.22 Å². The molecule has 0 aromatic heterocycles. The van der Waals surface area contributed by atoms with Gasteiger partial charge in [-0.05, 0) is 15.4 Å². The second-order valence-corrected chi connectivity index (χ2v) is 11.2. The molecule has 0 heterocycles. The van der Waals surface area contributed by atoms with Gasteiger partial charge in [-0.3, -0.25) is 4.79 Å². The Kier molecular flexibility index (Phi) is 5.79. The third-order valence-corrected chi connectivity index (χ3v) is 9.30. The highest BCUT2D eigenvalue weighted by Gasteiger charge is 2.50. The molecule has 0 radical (unpaired) electrons. The molecule has 0 unspecified atom stereocenters. The van der Waals surface area contributed by atoms with Crippen LogP contribution in [0.3, 0.4) is 0 Å². The van der Waals surface area contributed by atoms with E-state index in [1.807, 2.05) is 36.4 Å². The molecule has 0 bridgehead atoms. The number of hydrogen-bond donors (Lipinski definition) is 0. The molecule has 0 saturated heterocycles. The molecule has 2 aromatic rings. The van der Waals surface area contributed by atoms with Gasteiger partial charge in [-0.15, -0.1) is 11.6 Å². The van der Waals surface area contributed by atoms with Crippen molar-refractivity contribution in [3.8, 4) is 0 Å². The van der Waals surface area contributed by atoms with Gasteiger partial charge < -0.3 is 4.43 Å². The van der Waals surface area contributed by atoms with Crippen molar-refractivity contribution in [1.29, 1.82) is 0 Å². The lowest BCUT2D eigenvalue weighted by Gasteiger charge is -2.42. The van der Waals surface area contributed by atoms with Gasteiger partial charge in [0.1, 0.15) is 0 Å².